The molecule has 0 radical (unpaired) electrons. The largest absolute Gasteiger partial charge is 0.497 e. The summed E-state index contributed by atoms with van der Waals surface area (Å²) < 4.78 is 16.4. The summed E-state index contributed by atoms with van der Waals surface area (Å²) in [5, 5.41) is 5.23. The highest BCUT2D eigenvalue weighted by molar-refractivity contribution is 6.43. The Morgan fingerprint density at radius 1 is 0.951 bits per heavy atom. The fourth-order valence-electron chi connectivity index (χ4n) is 3.77. The Morgan fingerprint density at radius 2 is 1.68 bits per heavy atom. The van der Waals surface area contributed by atoms with E-state index in [-0.39, 0.29) is 51.0 Å². The van der Waals surface area contributed by atoms with Crippen LogP contribution in [0, 0.1) is 0 Å². The maximum absolute atomic E-state index is 13.2. The minimum absolute atomic E-state index is 0.0566. The SMILES string of the molecule is CCOc1cc(/C=C2/C(=O)NC(=O)N(c3ccc(Cl)c(Cl)c3)C2=O)cc(Cl)c1OCC(=O)Nc1ccc(OC)cc1. The van der Waals surface area contributed by atoms with Gasteiger partial charge < -0.3 is 19.5 Å². The highest BCUT2D eigenvalue weighted by atomic mass is 35.5. The van der Waals surface area contributed by atoms with E-state index in [1.165, 1.54) is 43.5 Å². The van der Waals surface area contributed by atoms with E-state index in [0.29, 0.717) is 17.0 Å². The molecule has 0 aromatic heterocycles. The number of carbonyl (C=O) groups excluding carboxylic acids is 4. The van der Waals surface area contributed by atoms with E-state index in [1.807, 2.05) is 0 Å². The van der Waals surface area contributed by atoms with E-state index in [4.69, 9.17) is 49.0 Å². The normalized spacial score (nSPS) is 14.1. The molecule has 5 amide bonds. The maximum Gasteiger partial charge on any atom is 0.335 e. The number of halogens is 3. The first-order valence-corrected chi connectivity index (χ1v) is 13.1. The van der Waals surface area contributed by atoms with E-state index in [9.17, 15) is 19.2 Å². The molecule has 41 heavy (non-hydrogen) atoms. The lowest BCUT2D eigenvalue weighted by molar-refractivity contribution is -0.122. The lowest BCUT2D eigenvalue weighted by Crippen LogP contribution is -2.54. The van der Waals surface area contributed by atoms with E-state index in [0.717, 1.165) is 4.90 Å². The van der Waals surface area contributed by atoms with Crippen LogP contribution in [0.1, 0.15) is 12.5 Å². The van der Waals surface area contributed by atoms with Gasteiger partial charge in [0.2, 0.25) is 0 Å². The Kier molecular flexibility index (Phi) is 9.38. The molecule has 1 saturated heterocycles. The van der Waals surface area contributed by atoms with Gasteiger partial charge in [0.15, 0.2) is 18.1 Å². The van der Waals surface area contributed by atoms with Gasteiger partial charge in [-0.15, -0.1) is 0 Å². The van der Waals surface area contributed by atoms with Crippen molar-refractivity contribution in [3.05, 3.63) is 80.8 Å². The molecule has 0 unspecified atom stereocenters. The number of methoxy groups -OCH3 is 1. The number of hydrogen-bond acceptors (Lipinski definition) is 7. The third-order valence-electron chi connectivity index (χ3n) is 5.63. The first kappa shape index (κ1) is 29.7. The number of carbonyl (C=O) groups is 4. The summed E-state index contributed by atoms with van der Waals surface area (Å²) in [7, 11) is 1.54. The molecule has 1 aliphatic rings. The molecule has 212 valence electrons. The van der Waals surface area contributed by atoms with Gasteiger partial charge in [-0.2, -0.15) is 0 Å². The molecule has 0 bridgehead atoms. The van der Waals surface area contributed by atoms with Gasteiger partial charge in [0.05, 0.1) is 34.5 Å². The summed E-state index contributed by atoms with van der Waals surface area (Å²) in [6.07, 6.45) is 1.25. The second-order valence-corrected chi connectivity index (χ2v) is 9.61. The molecule has 1 fully saturated rings. The van der Waals surface area contributed by atoms with Crippen molar-refractivity contribution in [1.29, 1.82) is 0 Å². The first-order valence-electron chi connectivity index (χ1n) is 12.0. The summed E-state index contributed by atoms with van der Waals surface area (Å²) in [6, 6.07) is 12.9. The van der Waals surface area contributed by atoms with Crippen LogP contribution in [0.5, 0.6) is 17.2 Å². The average molecular weight is 619 g/mol. The molecular formula is C28H22Cl3N3O7. The van der Waals surface area contributed by atoms with Crippen LogP contribution in [0.15, 0.2) is 60.2 Å². The molecule has 4 rings (SSSR count). The number of amides is 5. The summed E-state index contributed by atoms with van der Waals surface area (Å²) >= 11 is 18.5. The second-order valence-electron chi connectivity index (χ2n) is 8.38. The van der Waals surface area contributed by atoms with E-state index < -0.39 is 23.8 Å². The fourth-order valence-corrected chi connectivity index (χ4v) is 4.33. The van der Waals surface area contributed by atoms with Crippen molar-refractivity contribution in [3.8, 4) is 17.2 Å². The van der Waals surface area contributed by atoms with Crippen LogP contribution in [0.25, 0.3) is 6.08 Å². The van der Waals surface area contributed by atoms with Gasteiger partial charge in [-0.05, 0) is 73.2 Å². The van der Waals surface area contributed by atoms with Crippen LogP contribution in [0.4, 0.5) is 16.2 Å². The van der Waals surface area contributed by atoms with Crippen molar-refractivity contribution in [3.63, 3.8) is 0 Å². The van der Waals surface area contributed by atoms with Crippen LogP contribution in [0.2, 0.25) is 15.1 Å². The van der Waals surface area contributed by atoms with Crippen molar-refractivity contribution in [2.24, 2.45) is 0 Å². The van der Waals surface area contributed by atoms with Crippen molar-refractivity contribution in [1.82, 2.24) is 5.32 Å². The monoisotopic (exact) mass is 617 g/mol. The van der Waals surface area contributed by atoms with E-state index >= 15 is 0 Å². The number of nitrogens with one attached hydrogen (secondary N) is 2. The number of imide groups is 2. The molecule has 3 aromatic rings. The van der Waals surface area contributed by atoms with Crippen LogP contribution in [-0.2, 0) is 14.4 Å². The van der Waals surface area contributed by atoms with E-state index in [1.54, 1.807) is 31.2 Å². The summed E-state index contributed by atoms with van der Waals surface area (Å²) in [6.45, 7) is 1.58. The quantitative estimate of drug-likeness (QED) is 0.232. The summed E-state index contributed by atoms with van der Waals surface area (Å²) in [5.41, 5.74) is 0.614. The molecule has 10 nitrogen and oxygen atoms in total. The maximum atomic E-state index is 13.2. The van der Waals surface area contributed by atoms with Gasteiger partial charge in [0.1, 0.15) is 11.3 Å². The first-order chi connectivity index (χ1) is 19.6. The van der Waals surface area contributed by atoms with Crippen molar-refractivity contribution >= 4 is 76.0 Å². The fraction of sp³-hybridized carbons (Fsp3) is 0.143. The summed E-state index contributed by atoms with van der Waals surface area (Å²) in [5.74, 6) is -1.33. The number of nitrogens with zero attached hydrogens (tertiary/aromatic N) is 1. The molecule has 13 heteroatoms. The van der Waals surface area contributed by atoms with Gasteiger partial charge in [0, 0.05) is 5.69 Å². The zero-order valence-corrected chi connectivity index (χ0v) is 23.9. The Morgan fingerprint density at radius 3 is 2.34 bits per heavy atom. The van der Waals surface area contributed by atoms with Crippen molar-refractivity contribution in [2.75, 3.05) is 30.5 Å². The van der Waals surface area contributed by atoms with E-state index in [2.05, 4.69) is 10.6 Å². The minimum atomic E-state index is -0.944. The van der Waals surface area contributed by atoms with Crippen LogP contribution < -0.4 is 29.7 Å². The zero-order valence-electron chi connectivity index (χ0n) is 21.6. The topological polar surface area (TPSA) is 123 Å². The van der Waals surface area contributed by atoms with Gasteiger partial charge in [0.25, 0.3) is 17.7 Å². The average Bonchev–Trinajstić information content (AvgIpc) is 2.93. The Labute approximate surface area is 249 Å². The molecule has 2 N–H and O–H groups in total. The van der Waals surface area contributed by atoms with Crippen molar-refractivity contribution in [2.45, 2.75) is 6.92 Å². The number of anilines is 2. The molecule has 3 aromatic carbocycles. The predicted molar refractivity (Wildman–Crippen MR) is 155 cm³/mol. The summed E-state index contributed by atoms with van der Waals surface area (Å²) in [4.78, 5) is 51.5. The zero-order chi connectivity index (χ0) is 29.7. The van der Waals surface area contributed by atoms with Gasteiger partial charge in [-0.3, -0.25) is 19.7 Å². The highest BCUT2D eigenvalue weighted by Gasteiger charge is 2.37. The molecule has 0 spiro atoms. The predicted octanol–water partition coefficient (Wildman–Crippen LogP) is 5.74. The van der Waals surface area contributed by atoms with Crippen LogP contribution >= 0.6 is 34.8 Å². The number of rotatable bonds is 9. The van der Waals surface area contributed by atoms with Gasteiger partial charge in [-0.25, -0.2) is 9.69 Å². The smallest absolute Gasteiger partial charge is 0.335 e. The number of benzene rings is 3. The number of ether oxygens (including phenoxy) is 3. The molecule has 0 aliphatic carbocycles. The Balaban J connectivity index is 1.57. The van der Waals surface area contributed by atoms with Crippen LogP contribution in [0.3, 0.4) is 0 Å². The second kappa shape index (κ2) is 12.9. The minimum Gasteiger partial charge on any atom is -0.497 e. The molecular weight excluding hydrogens is 597 g/mol. The third-order valence-corrected chi connectivity index (χ3v) is 6.65. The number of barbiturate groups is 1. The molecule has 1 heterocycles. The Hall–Kier alpha value is -4.25. The molecule has 0 atom stereocenters. The number of hydrogen-bond donors (Lipinski definition) is 2. The van der Waals surface area contributed by atoms with Crippen LogP contribution in [-0.4, -0.2) is 44.1 Å². The van der Waals surface area contributed by atoms with Crippen molar-refractivity contribution < 1.29 is 33.4 Å². The molecule has 1 aliphatic heterocycles. The van der Waals surface area contributed by atoms with Gasteiger partial charge in [-0.1, -0.05) is 34.8 Å². The Bertz CT molecular complexity index is 1560. The van der Waals surface area contributed by atoms with Gasteiger partial charge >= 0.3 is 6.03 Å². The number of urea groups is 1. The lowest BCUT2D eigenvalue weighted by Gasteiger charge is -2.26. The standard InChI is InChI=1S/C28H22Cl3N3O7/c1-3-40-23-12-15(11-22(31)25(23)41-14-24(35)32-16-4-7-18(39-2)8-5-16)10-19-26(36)33-28(38)34(27(19)37)17-6-9-20(29)21(30)13-17/h4-13H,3,14H2,1-2H3,(H,32,35)(H,33,36,38)/b19-10-. The third kappa shape index (κ3) is 6.91. The lowest BCUT2D eigenvalue weighted by atomic mass is 10.1. The molecule has 0 saturated carbocycles. The highest BCUT2D eigenvalue weighted by Crippen LogP contribution is 2.38.